The van der Waals surface area contributed by atoms with Crippen LogP contribution in [0.4, 0.5) is 27.6 Å². The van der Waals surface area contributed by atoms with Gasteiger partial charge in [-0.05, 0) is 36.8 Å². The highest BCUT2D eigenvalue weighted by Gasteiger charge is 2.41. The van der Waals surface area contributed by atoms with Gasteiger partial charge in [0.1, 0.15) is 0 Å². The van der Waals surface area contributed by atoms with Gasteiger partial charge >= 0.3 is 12.1 Å². The Labute approximate surface area is 161 Å². The molecule has 0 aromatic heterocycles. The second kappa shape index (κ2) is 8.55. The van der Waals surface area contributed by atoms with Crippen LogP contribution >= 0.6 is 11.6 Å². The minimum Gasteiger partial charge on any atom is -0.331 e. The van der Waals surface area contributed by atoms with Crippen molar-refractivity contribution >= 4 is 29.1 Å². The van der Waals surface area contributed by atoms with Crippen molar-refractivity contribution in [2.75, 3.05) is 11.9 Å². The summed E-state index contributed by atoms with van der Waals surface area (Å²) in [5.41, 5.74) is 0.195. The first-order valence-corrected chi connectivity index (χ1v) is 8.31. The van der Waals surface area contributed by atoms with Crippen molar-refractivity contribution in [1.82, 2.24) is 4.90 Å². The van der Waals surface area contributed by atoms with Crippen molar-refractivity contribution in [3.05, 3.63) is 64.2 Å². The lowest BCUT2D eigenvalue weighted by Gasteiger charge is -2.22. The first-order chi connectivity index (χ1) is 13.0. The molecule has 2 rings (SSSR count). The van der Waals surface area contributed by atoms with E-state index in [0.29, 0.717) is 22.6 Å². The van der Waals surface area contributed by atoms with Crippen LogP contribution in [-0.2, 0) is 11.3 Å². The number of benzene rings is 2. The zero-order valence-corrected chi connectivity index (χ0v) is 15.2. The van der Waals surface area contributed by atoms with E-state index in [9.17, 15) is 31.5 Å². The molecule has 2 aromatic rings. The number of nitrogens with one attached hydrogen (secondary N) is 1. The monoisotopic (exact) mass is 420 g/mol. The highest BCUT2D eigenvalue weighted by atomic mass is 35.5. The molecule has 2 amide bonds. The van der Waals surface area contributed by atoms with Gasteiger partial charge in [0.15, 0.2) is 11.6 Å². The SMILES string of the molecule is CCN(Cc1cccc(NC(=O)c2cc(F)c(F)cc2Cl)c1)C(=O)C(F)(F)F. The van der Waals surface area contributed by atoms with Crippen molar-refractivity contribution in [2.24, 2.45) is 0 Å². The average Bonchev–Trinajstić information content (AvgIpc) is 2.61. The molecule has 0 saturated heterocycles. The third-order valence-electron chi connectivity index (χ3n) is 3.72. The van der Waals surface area contributed by atoms with E-state index in [1.54, 1.807) is 0 Å². The van der Waals surface area contributed by atoms with Crippen molar-refractivity contribution in [3.8, 4) is 0 Å². The zero-order chi connectivity index (χ0) is 21.1. The fraction of sp³-hybridized carbons (Fsp3) is 0.222. The molecule has 28 heavy (non-hydrogen) atoms. The summed E-state index contributed by atoms with van der Waals surface area (Å²) in [6.07, 6.45) is -4.99. The lowest BCUT2D eigenvalue weighted by atomic mass is 10.1. The summed E-state index contributed by atoms with van der Waals surface area (Å²) in [6.45, 7) is 0.907. The Kier molecular flexibility index (Phi) is 6.60. The zero-order valence-electron chi connectivity index (χ0n) is 14.4. The fourth-order valence-corrected chi connectivity index (χ4v) is 2.61. The molecule has 0 heterocycles. The van der Waals surface area contributed by atoms with Crippen molar-refractivity contribution in [2.45, 2.75) is 19.6 Å². The Hall–Kier alpha value is -2.68. The van der Waals surface area contributed by atoms with Crippen LogP contribution in [0.1, 0.15) is 22.8 Å². The molecule has 0 unspecified atom stereocenters. The molecule has 0 bridgehead atoms. The molecular weight excluding hydrogens is 407 g/mol. The molecule has 0 fully saturated rings. The summed E-state index contributed by atoms with van der Waals surface area (Å²) in [5, 5.41) is 2.09. The molecule has 0 aliphatic rings. The number of rotatable bonds is 5. The highest BCUT2D eigenvalue weighted by Crippen LogP contribution is 2.23. The first-order valence-electron chi connectivity index (χ1n) is 7.93. The van der Waals surface area contributed by atoms with Gasteiger partial charge in [-0.3, -0.25) is 9.59 Å². The molecule has 0 radical (unpaired) electrons. The first kappa shape index (κ1) is 21.6. The number of hydrogen-bond acceptors (Lipinski definition) is 2. The van der Waals surface area contributed by atoms with Crippen LogP contribution in [0.2, 0.25) is 5.02 Å². The van der Waals surface area contributed by atoms with Gasteiger partial charge in [-0.1, -0.05) is 23.7 Å². The van der Waals surface area contributed by atoms with Gasteiger partial charge in [-0.2, -0.15) is 13.2 Å². The summed E-state index contributed by atoms with van der Waals surface area (Å²) < 4.78 is 64.3. The molecule has 0 aliphatic carbocycles. The summed E-state index contributed by atoms with van der Waals surface area (Å²) in [4.78, 5) is 24.2. The molecule has 1 N–H and O–H groups in total. The maximum absolute atomic E-state index is 13.3. The Morgan fingerprint density at radius 2 is 1.75 bits per heavy atom. The molecule has 0 saturated carbocycles. The highest BCUT2D eigenvalue weighted by molar-refractivity contribution is 6.34. The van der Waals surface area contributed by atoms with Gasteiger partial charge in [0.05, 0.1) is 10.6 Å². The van der Waals surface area contributed by atoms with Crippen LogP contribution in [0, 0.1) is 11.6 Å². The van der Waals surface area contributed by atoms with E-state index < -0.39 is 29.6 Å². The number of halogens is 6. The third-order valence-corrected chi connectivity index (χ3v) is 4.04. The average molecular weight is 421 g/mol. The Balaban J connectivity index is 2.18. The molecule has 10 heteroatoms. The smallest absolute Gasteiger partial charge is 0.331 e. The molecule has 4 nitrogen and oxygen atoms in total. The molecule has 0 spiro atoms. The lowest BCUT2D eigenvalue weighted by Crippen LogP contribution is -2.40. The van der Waals surface area contributed by atoms with Crippen LogP contribution in [0.5, 0.6) is 0 Å². The number of hydrogen-bond donors (Lipinski definition) is 1. The predicted octanol–water partition coefficient (Wildman–Crippen LogP) is 4.78. The largest absolute Gasteiger partial charge is 0.471 e. The van der Waals surface area contributed by atoms with Crippen LogP contribution in [0.15, 0.2) is 36.4 Å². The number of alkyl halides is 3. The van der Waals surface area contributed by atoms with E-state index in [-0.39, 0.29) is 29.4 Å². The quantitative estimate of drug-likeness (QED) is 0.559. The number of nitrogens with zero attached hydrogens (tertiary/aromatic N) is 1. The van der Waals surface area contributed by atoms with Crippen LogP contribution < -0.4 is 5.32 Å². The van der Waals surface area contributed by atoms with Crippen LogP contribution in [-0.4, -0.2) is 29.4 Å². The maximum atomic E-state index is 13.3. The van der Waals surface area contributed by atoms with E-state index in [1.165, 1.54) is 31.2 Å². The van der Waals surface area contributed by atoms with Gasteiger partial charge < -0.3 is 10.2 Å². The van der Waals surface area contributed by atoms with E-state index >= 15 is 0 Å². The number of anilines is 1. The topological polar surface area (TPSA) is 49.4 Å². The van der Waals surface area contributed by atoms with Crippen LogP contribution in [0.3, 0.4) is 0 Å². The Bertz CT molecular complexity index is 902. The van der Waals surface area contributed by atoms with Gasteiger partial charge in [-0.25, -0.2) is 8.78 Å². The summed E-state index contributed by atoms with van der Waals surface area (Å²) >= 11 is 5.74. The van der Waals surface area contributed by atoms with E-state index in [4.69, 9.17) is 11.6 Å². The molecule has 0 atom stereocenters. The van der Waals surface area contributed by atoms with Crippen molar-refractivity contribution < 1.29 is 31.5 Å². The molecule has 0 aliphatic heterocycles. The Morgan fingerprint density at radius 1 is 1.11 bits per heavy atom. The minimum absolute atomic E-state index is 0.167. The van der Waals surface area contributed by atoms with Crippen LogP contribution in [0.25, 0.3) is 0 Å². The summed E-state index contributed by atoms with van der Waals surface area (Å²) in [7, 11) is 0. The number of carbonyl (C=O) groups excluding carboxylic acids is 2. The minimum atomic E-state index is -4.99. The molecule has 150 valence electrons. The van der Waals surface area contributed by atoms with Crippen molar-refractivity contribution in [1.29, 1.82) is 0 Å². The Morgan fingerprint density at radius 3 is 2.36 bits per heavy atom. The van der Waals surface area contributed by atoms with E-state index in [0.717, 1.165) is 0 Å². The number of amides is 2. The molecule has 2 aromatic carbocycles. The van der Waals surface area contributed by atoms with Gasteiger partial charge in [-0.15, -0.1) is 0 Å². The normalized spacial score (nSPS) is 11.2. The predicted molar refractivity (Wildman–Crippen MR) is 92.9 cm³/mol. The number of carbonyl (C=O) groups is 2. The maximum Gasteiger partial charge on any atom is 0.471 e. The fourth-order valence-electron chi connectivity index (χ4n) is 2.37. The van der Waals surface area contributed by atoms with Crippen molar-refractivity contribution in [3.63, 3.8) is 0 Å². The second-order valence-corrected chi connectivity index (χ2v) is 6.12. The summed E-state index contributed by atoms with van der Waals surface area (Å²) in [6, 6.07) is 7.03. The van der Waals surface area contributed by atoms with Gasteiger partial charge in [0.25, 0.3) is 5.91 Å². The van der Waals surface area contributed by atoms with Gasteiger partial charge in [0.2, 0.25) is 0 Å². The standard InChI is InChI=1S/C18H14ClF5N2O2/c1-2-26(17(28)18(22,23)24)9-10-4-3-5-11(6-10)25-16(27)12-7-14(20)15(21)8-13(12)19/h3-8H,2,9H2,1H3,(H,25,27). The van der Waals surface area contributed by atoms with E-state index in [2.05, 4.69) is 5.32 Å². The lowest BCUT2D eigenvalue weighted by molar-refractivity contribution is -0.185. The molecular formula is C18H14ClF5N2O2. The summed E-state index contributed by atoms with van der Waals surface area (Å²) in [5.74, 6) is -5.28. The second-order valence-electron chi connectivity index (χ2n) is 5.72. The van der Waals surface area contributed by atoms with Gasteiger partial charge in [0, 0.05) is 18.8 Å². The third kappa shape index (κ3) is 5.19. The van der Waals surface area contributed by atoms with E-state index in [1.807, 2.05) is 0 Å².